The summed E-state index contributed by atoms with van der Waals surface area (Å²) in [7, 11) is 3.19. The molecule has 2 rings (SSSR count). The lowest BCUT2D eigenvalue weighted by Gasteiger charge is -2.13. The van der Waals surface area contributed by atoms with Crippen LogP contribution in [0.3, 0.4) is 0 Å². The third kappa shape index (κ3) is 5.27. The molecule has 0 saturated heterocycles. The summed E-state index contributed by atoms with van der Waals surface area (Å²) in [6.07, 6.45) is 0. The molecule has 0 aliphatic carbocycles. The van der Waals surface area contributed by atoms with Crippen LogP contribution >= 0.6 is 0 Å². The molecule has 3 N–H and O–H groups in total. The van der Waals surface area contributed by atoms with Crippen molar-refractivity contribution in [1.29, 1.82) is 0 Å². The van der Waals surface area contributed by atoms with E-state index in [2.05, 4.69) is 15.6 Å². The zero-order chi connectivity index (χ0) is 18.9. The van der Waals surface area contributed by atoms with Gasteiger partial charge in [0.2, 0.25) is 0 Å². The number of ether oxygens (including phenoxy) is 2. The lowest BCUT2D eigenvalue weighted by molar-refractivity contribution is 0.354. The Labute approximate surface area is 152 Å². The first kappa shape index (κ1) is 19.4. The third-order valence-electron chi connectivity index (χ3n) is 3.68. The quantitative estimate of drug-likeness (QED) is 0.522. The van der Waals surface area contributed by atoms with Gasteiger partial charge < -0.3 is 25.2 Å². The number of aromatic hydroxyl groups is 1. The number of nitrogens with zero attached hydrogens (tertiary/aromatic N) is 1. The predicted molar refractivity (Wildman–Crippen MR) is 99.3 cm³/mol. The lowest BCUT2D eigenvalue weighted by atomic mass is 10.2. The van der Waals surface area contributed by atoms with E-state index in [0.717, 1.165) is 5.56 Å². The monoisotopic (exact) mass is 361 g/mol. The number of phenols is 1. The minimum absolute atomic E-state index is 0.290. The van der Waals surface area contributed by atoms with Crippen LogP contribution in [0.4, 0.5) is 4.39 Å². The maximum absolute atomic E-state index is 13.4. The fourth-order valence-electron chi connectivity index (χ4n) is 2.34. The highest BCUT2D eigenvalue weighted by Crippen LogP contribution is 2.27. The lowest BCUT2D eigenvalue weighted by Crippen LogP contribution is -2.36. The maximum Gasteiger partial charge on any atom is 0.191 e. The van der Waals surface area contributed by atoms with Crippen molar-refractivity contribution in [2.45, 2.75) is 20.0 Å². The number of guanidine groups is 1. The number of benzene rings is 2. The summed E-state index contributed by atoms with van der Waals surface area (Å²) < 4.78 is 23.9. The number of hydrogen-bond acceptors (Lipinski definition) is 4. The van der Waals surface area contributed by atoms with Crippen molar-refractivity contribution in [3.8, 4) is 17.2 Å². The first-order valence-corrected chi connectivity index (χ1v) is 8.27. The van der Waals surface area contributed by atoms with Crippen LogP contribution in [-0.2, 0) is 13.1 Å². The number of nitrogens with one attached hydrogen (secondary N) is 2. The number of rotatable bonds is 7. The van der Waals surface area contributed by atoms with E-state index in [1.807, 2.05) is 25.1 Å². The summed E-state index contributed by atoms with van der Waals surface area (Å²) in [6.45, 7) is 3.49. The number of halogens is 1. The molecule has 0 amide bonds. The van der Waals surface area contributed by atoms with E-state index in [1.165, 1.54) is 12.1 Å². The SMILES string of the molecule is CCNC(=NCc1ccc(O)c(F)c1)NCc1ccc(OC)c(OC)c1. The smallest absolute Gasteiger partial charge is 0.191 e. The number of methoxy groups -OCH3 is 2. The first-order chi connectivity index (χ1) is 12.6. The highest BCUT2D eigenvalue weighted by molar-refractivity contribution is 5.79. The Bertz CT molecular complexity index is 766. The van der Waals surface area contributed by atoms with Gasteiger partial charge in [-0.25, -0.2) is 9.38 Å². The molecule has 0 saturated carbocycles. The van der Waals surface area contributed by atoms with Gasteiger partial charge in [0.05, 0.1) is 20.8 Å². The summed E-state index contributed by atoms with van der Waals surface area (Å²) in [5.74, 6) is 0.924. The van der Waals surface area contributed by atoms with Crippen LogP contribution in [0, 0.1) is 5.82 Å². The van der Waals surface area contributed by atoms with Crippen molar-refractivity contribution in [2.24, 2.45) is 4.99 Å². The molecule has 0 aliphatic heterocycles. The minimum Gasteiger partial charge on any atom is -0.505 e. The van der Waals surface area contributed by atoms with Crippen molar-refractivity contribution in [1.82, 2.24) is 10.6 Å². The Balaban J connectivity index is 2.04. The van der Waals surface area contributed by atoms with Gasteiger partial charge in [0.1, 0.15) is 0 Å². The molecule has 0 aromatic heterocycles. The molecule has 0 unspecified atom stereocenters. The fourth-order valence-corrected chi connectivity index (χ4v) is 2.34. The largest absolute Gasteiger partial charge is 0.505 e. The highest BCUT2D eigenvalue weighted by atomic mass is 19.1. The second-order valence-electron chi connectivity index (χ2n) is 5.52. The molecule has 2 aromatic rings. The molecule has 0 aliphatic rings. The Morgan fingerprint density at radius 1 is 1.04 bits per heavy atom. The average Bonchev–Trinajstić information content (AvgIpc) is 2.66. The van der Waals surface area contributed by atoms with Gasteiger partial charge in [0.25, 0.3) is 0 Å². The van der Waals surface area contributed by atoms with E-state index in [9.17, 15) is 9.50 Å². The highest BCUT2D eigenvalue weighted by Gasteiger charge is 2.06. The molecule has 0 bridgehead atoms. The molecule has 0 atom stereocenters. The van der Waals surface area contributed by atoms with Crippen molar-refractivity contribution in [2.75, 3.05) is 20.8 Å². The number of hydrogen-bond donors (Lipinski definition) is 3. The van der Waals surface area contributed by atoms with Crippen LogP contribution in [0.5, 0.6) is 17.2 Å². The van der Waals surface area contributed by atoms with Crippen LogP contribution in [-0.4, -0.2) is 31.8 Å². The second kappa shape index (κ2) is 9.50. The summed E-state index contributed by atoms with van der Waals surface area (Å²) in [5, 5.41) is 15.6. The minimum atomic E-state index is -0.652. The molecule has 26 heavy (non-hydrogen) atoms. The normalized spacial score (nSPS) is 11.2. The van der Waals surface area contributed by atoms with Gasteiger partial charge in [0.15, 0.2) is 29.0 Å². The average molecular weight is 361 g/mol. The van der Waals surface area contributed by atoms with Gasteiger partial charge in [-0.1, -0.05) is 12.1 Å². The molecule has 2 aromatic carbocycles. The summed E-state index contributed by atoms with van der Waals surface area (Å²) in [6, 6.07) is 9.91. The summed E-state index contributed by atoms with van der Waals surface area (Å²) in [5.41, 5.74) is 1.67. The zero-order valence-electron chi connectivity index (χ0n) is 15.2. The second-order valence-corrected chi connectivity index (χ2v) is 5.52. The Morgan fingerprint density at radius 2 is 1.77 bits per heavy atom. The summed E-state index contributed by atoms with van der Waals surface area (Å²) >= 11 is 0. The van der Waals surface area contributed by atoms with E-state index >= 15 is 0 Å². The van der Waals surface area contributed by atoms with Crippen LogP contribution in [0.25, 0.3) is 0 Å². The molecule has 0 fully saturated rings. The Hall–Kier alpha value is -2.96. The maximum atomic E-state index is 13.4. The van der Waals surface area contributed by atoms with E-state index in [-0.39, 0.29) is 5.75 Å². The van der Waals surface area contributed by atoms with E-state index < -0.39 is 5.82 Å². The Morgan fingerprint density at radius 3 is 2.42 bits per heavy atom. The van der Waals surface area contributed by atoms with Gasteiger partial charge in [-0.3, -0.25) is 0 Å². The van der Waals surface area contributed by atoms with Crippen molar-refractivity contribution in [3.63, 3.8) is 0 Å². The van der Waals surface area contributed by atoms with Gasteiger partial charge in [0, 0.05) is 13.1 Å². The molecule has 6 nitrogen and oxygen atoms in total. The van der Waals surface area contributed by atoms with Crippen LogP contribution in [0.2, 0.25) is 0 Å². The number of phenolic OH excluding ortho intramolecular Hbond substituents is 1. The van der Waals surface area contributed by atoms with E-state index in [1.54, 1.807) is 20.3 Å². The molecule has 0 heterocycles. The van der Waals surface area contributed by atoms with Gasteiger partial charge in [-0.05, 0) is 42.3 Å². The number of aliphatic imine (C=N–C) groups is 1. The van der Waals surface area contributed by atoms with Crippen LogP contribution < -0.4 is 20.1 Å². The Kier molecular flexibility index (Phi) is 7.08. The van der Waals surface area contributed by atoms with E-state index in [0.29, 0.717) is 42.7 Å². The fraction of sp³-hybridized carbons (Fsp3) is 0.316. The van der Waals surface area contributed by atoms with Crippen molar-refractivity contribution in [3.05, 3.63) is 53.3 Å². The first-order valence-electron chi connectivity index (χ1n) is 8.27. The zero-order valence-corrected chi connectivity index (χ0v) is 15.2. The summed E-state index contributed by atoms with van der Waals surface area (Å²) in [4.78, 5) is 4.44. The topological polar surface area (TPSA) is 75.1 Å². The molecule has 7 heteroatoms. The third-order valence-corrected chi connectivity index (χ3v) is 3.68. The van der Waals surface area contributed by atoms with Gasteiger partial charge in [-0.2, -0.15) is 0 Å². The standard InChI is InChI=1S/C19H24FN3O3/c1-4-21-19(22-11-13-5-7-16(24)15(20)9-13)23-12-14-6-8-17(25-2)18(10-14)26-3/h5-10,24H,4,11-12H2,1-3H3,(H2,21,22,23). The molecule has 0 spiro atoms. The van der Waals surface area contributed by atoms with Crippen LogP contribution in [0.1, 0.15) is 18.1 Å². The van der Waals surface area contributed by atoms with Crippen molar-refractivity contribution >= 4 is 5.96 Å². The predicted octanol–water partition coefficient (Wildman–Crippen LogP) is 2.80. The van der Waals surface area contributed by atoms with Gasteiger partial charge in [-0.15, -0.1) is 0 Å². The molecule has 140 valence electrons. The van der Waals surface area contributed by atoms with Crippen molar-refractivity contribution < 1.29 is 19.0 Å². The molecular weight excluding hydrogens is 337 g/mol. The van der Waals surface area contributed by atoms with Gasteiger partial charge >= 0.3 is 0 Å². The van der Waals surface area contributed by atoms with E-state index in [4.69, 9.17) is 9.47 Å². The van der Waals surface area contributed by atoms with Crippen LogP contribution in [0.15, 0.2) is 41.4 Å². The molecule has 0 radical (unpaired) electrons. The molecular formula is C19H24FN3O3.